The summed E-state index contributed by atoms with van der Waals surface area (Å²) >= 11 is 3.46. The van der Waals surface area contributed by atoms with Gasteiger partial charge in [-0.25, -0.2) is 0 Å². The third kappa shape index (κ3) is 3.07. The Bertz CT molecular complexity index is 620. The van der Waals surface area contributed by atoms with E-state index in [1.165, 1.54) is 0 Å². The number of benzene rings is 2. The van der Waals surface area contributed by atoms with E-state index < -0.39 is 0 Å². The summed E-state index contributed by atoms with van der Waals surface area (Å²) in [4.78, 5) is 0. The second-order valence-corrected chi connectivity index (χ2v) is 4.68. The van der Waals surface area contributed by atoms with Gasteiger partial charge >= 0.3 is 0 Å². The highest BCUT2D eigenvalue weighted by molar-refractivity contribution is 9.10. The maximum Gasteiger partial charge on any atom is 0.179 e. The van der Waals surface area contributed by atoms with Crippen molar-refractivity contribution in [1.29, 1.82) is 5.26 Å². The third-order valence-corrected chi connectivity index (χ3v) is 3.42. The Kier molecular flexibility index (Phi) is 4.43. The maximum absolute atomic E-state index is 9.10. The number of nitriles is 1. The smallest absolute Gasteiger partial charge is 0.179 e. The summed E-state index contributed by atoms with van der Waals surface area (Å²) in [7, 11) is 1.56. The minimum atomic E-state index is 0.372. The SMILES string of the molecule is COc1cccc(C#N)c1OCc1ccccc1Br. The van der Waals surface area contributed by atoms with Crippen LogP contribution in [-0.2, 0) is 6.61 Å². The van der Waals surface area contributed by atoms with E-state index in [1.807, 2.05) is 24.3 Å². The Labute approximate surface area is 120 Å². The molecule has 3 nitrogen and oxygen atoms in total. The lowest BCUT2D eigenvalue weighted by Gasteiger charge is -2.12. The number of halogens is 1. The van der Waals surface area contributed by atoms with Crippen LogP contribution in [0.25, 0.3) is 0 Å². The lowest BCUT2D eigenvalue weighted by molar-refractivity contribution is 0.283. The zero-order valence-electron chi connectivity index (χ0n) is 10.4. The lowest BCUT2D eigenvalue weighted by Crippen LogP contribution is -2.00. The van der Waals surface area contributed by atoms with Crippen molar-refractivity contribution < 1.29 is 9.47 Å². The molecular formula is C15H12BrNO2. The van der Waals surface area contributed by atoms with Gasteiger partial charge in [-0.3, -0.25) is 0 Å². The van der Waals surface area contributed by atoms with Gasteiger partial charge in [0.05, 0.1) is 12.7 Å². The summed E-state index contributed by atoms with van der Waals surface area (Å²) in [5, 5.41) is 9.10. The van der Waals surface area contributed by atoms with Gasteiger partial charge in [-0.05, 0) is 18.2 Å². The standard InChI is InChI=1S/C15H12BrNO2/c1-18-14-8-4-6-11(9-17)15(14)19-10-12-5-2-3-7-13(12)16/h2-8H,10H2,1H3. The van der Waals surface area contributed by atoms with Crippen LogP contribution in [0.3, 0.4) is 0 Å². The predicted molar refractivity (Wildman–Crippen MR) is 76.2 cm³/mol. The van der Waals surface area contributed by atoms with Crippen LogP contribution < -0.4 is 9.47 Å². The molecule has 2 aromatic rings. The second kappa shape index (κ2) is 6.26. The summed E-state index contributed by atoms with van der Waals surface area (Å²) in [5.74, 6) is 1.04. The molecule has 96 valence electrons. The van der Waals surface area contributed by atoms with Crippen LogP contribution in [0.2, 0.25) is 0 Å². The molecule has 0 aromatic heterocycles. The van der Waals surface area contributed by atoms with Crippen LogP contribution in [0.15, 0.2) is 46.9 Å². The number of nitrogens with zero attached hydrogens (tertiary/aromatic N) is 1. The van der Waals surface area contributed by atoms with Crippen molar-refractivity contribution in [2.24, 2.45) is 0 Å². The van der Waals surface area contributed by atoms with Crippen molar-refractivity contribution >= 4 is 15.9 Å². The minimum Gasteiger partial charge on any atom is -0.493 e. The molecule has 0 radical (unpaired) electrons. The number of hydrogen-bond donors (Lipinski definition) is 0. The second-order valence-electron chi connectivity index (χ2n) is 3.83. The molecule has 0 saturated heterocycles. The Morgan fingerprint density at radius 1 is 1.16 bits per heavy atom. The molecule has 0 aliphatic rings. The molecule has 19 heavy (non-hydrogen) atoms. The van der Waals surface area contributed by atoms with Crippen LogP contribution in [0.5, 0.6) is 11.5 Å². The topological polar surface area (TPSA) is 42.2 Å². The number of hydrogen-bond acceptors (Lipinski definition) is 3. The van der Waals surface area contributed by atoms with Crippen molar-refractivity contribution in [3.63, 3.8) is 0 Å². The first-order valence-electron chi connectivity index (χ1n) is 5.69. The summed E-state index contributed by atoms with van der Waals surface area (Å²) in [6, 6.07) is 15.1. The molecule has 0 fully saturated rings. The summed E-state index contributed by atoms with van der Waals surface area (Å²) in [6.45, 7) is 0.372. The zero-order chi connectivity index (χ0) is 13.7. The fraction of sp³-hybridized carbons (Fsp3) is 0.133. The molecular weight excluding hydrogens is 306 g/mol. The van der Waals surface area contributed by atoms with E-state index in [4.69, 9.17) is 14.7 Å². The van der Waals surface area contributed by atoms with Crippen LogP contribution in [0, 0.1) is 11.3 Å². The molecule has 0 aliphatic carbocycles. The summed E-state index contributed by atoms with van der Waals surface area (Å²) in [5.41, 5.74) is 1.48. The number of methoxy groups -OCH3 is 1. The van der Waals surface area contributed by atoms with Crippen molar-refractivity contribution in [1.82, 2.24) is 0 Å². The summed E-state index contributed by atoms with van der Waals surface area (Å²) in [6.07, 6.45) is 0. The number of para-hydroxylation sites is 1. The monoisotopic (exact) mass is 317 g/mol. The van der Waals surface area contributed by atoms with Gasteiger partial charge in [0, 0.05) is 10.0 Å². The first-order chi connectivity index (χ1) is 9.26. The molecule has 2 aromatic carbocycles. The van der Waals surface area contributed by atoms with E-state index >= 15 is 0 Å². The van der Waals surface area contributed by atoms with Gasteiger partial charge < -0.3 is 9.47 Å². The van der Waals surface area contributed by atoms with Crippen LogP contribution >= 0.6 is 15.9 Å². The molecule has 0 spiro atoms. The fourth-order valence-corrected chi connectivity index (χ4v) is 2.08. The van der Waals surface area contributed by atoms with E-state index in [2.05, 4.69) is 22.0 Å². The molecule has 0 bridgehead atoms. The van der Waals surface area contributed by atoms with E-state index in [1.54, 1.807) is 25.3 Å². The fourth-order valence-electron chi connectivity index (χ4n) is 1.68. The molecule has 0 aliphatic heterocycles. The van der Waals surface area contributed by atoms with Crippen LogP contribution in [-0.4, -0.2) is 7.11 Å². The van der Waals surface area contributed by atoms with Crippen LogP contribution in [0.4, 0.5) is 0 Å². The van der Waals surface area contributed by atoms with Gasteiger partial charge in [-0.15, -0.1) is 0 Å². The van der Waals surface area contributed by atoms with Crippen molar-refractivity contribution in [3.05, 3.63) is 58.1 Å². The largest absolute Gasteiger partial charge is 0.493 e. The lowest BCUT2D eigenvalue weighted by atomic mass is 10.2. The molecule has 0 amide bonds. The normalized spacial score (nSPS) is 9.74. The molecule has 0 unspecified atom stereocenters. The third-order valence-electron chi connectivity index (χ3n) is 2.65. The molecule has 4 heteroatoms. The van der Waals surface area contributed by atoms with Gasteiger partial charge in [0.25, 0.3) is 0 Å². The Morgan fingerprint density at radius 3 is 2.63 bits per heavy atom. The van der Waals surface area contributed by atoms with Gasteiger partial charge in [0.2, 0.25) is 0 Å². The number of ether oxygens (including phenoxy) is 2. The van der Waals surface area contributed by atoms with Crippen LogP contribution in [0.1, 0.15) is 11.1 Å². The predicted octanol–water partition coefficient (Wildman–Crippen LogP) is 3.91. The van der Waals surface area contributed by atoms with Gasteiger partial charge in [-0.2, -0.15) is 5.26 Å². The maximum atomic E-state index is 9.10. The minimum absolute atomic E-state index is 0.372. The average Bonchev–Trinajstić information content (AvgIpc) is 2.46. The van der Waals surface area contributed by atoms with Crippen molar-refractivity contribution in [2.75, 3.05) is 7.11 Å². The van der Waals surface area contributed by atoms with Gasteiger partial charge in [-0.1, -0.05) is 40.2 Å². The van der Waals surface area contributed by atoms with E-state index in [-0.39, 0.29) is 0 Å². The highest BCUT2D eigenvalue weighted by atomic mass is 79.9. The van der Waals surface area contributed by atoms with Gasteiger partial charge in [0.1, 0.15) is 12.7 Å². The van der Waals surface area contributed by atoms with E-state index in [0.29, 0.717) is 23.7 Å². The Hall–Kier alpha value is -1.99. The molecule has 2 rings (SSSR count). The van der Waals surface area contributed by atoms with Crippen molar-refractivity contribution in [3.8, 4) is 17.6 Å². The molecule has 0 heterocycles. The Morgan fingerprint density at radius 2 is 1.95 bits per heavy atom. The number of rotatable bonds is 4. The highest BCUT2D eigenvalue weighted by Crippen LogP contribution is 2.31. The highest BCUT2D eigenvalue weighted by Gasteiger charge is 2.11. The first kappa shape index (κ1) is 13.4. The van der Waals surface area contributed by atoms with E-state index in [9.17, 15) is 0 Å². The first-order valence-corrected chi connectivity index (χ1v) is 6.49. The zero-order valence-corrected chi connectivity index (χ0v) is 12.0. The quantitative estimate of drug-likeness (QED) is 0.858. The van der Waals surface area contributed by atoms with Crippen molar-refractivity contribution in [2.45, 2.75) is 6.61 Å². The summed E-state index contributed by atoms with van der Waals surface area (Å²) < 4.78 is 11.9. The molecule has 0 N–H and O–H groups in total. The van der Waals surface area contributed by atoms with E-state index in [0.717, 1.165) is 10.0 Å². The molecule has 0 saturated carbocycles. The average molecular weight is 318 g/mol. The Balaban J connectivity index is 2.25. The van der Waals surface area contributed by atoms with Gasteiger partial charge in [0.15, 0.2) is 11.5 Å². The molecule has 0 atom stereocenters.